The zero-order valence-corrected chi connectivity index (χ0v) is 13.1. The molecule has 2 rings (SSSR count). The summed E-state index contributed by atoms with van der Waals surface area (Å²) in [5.74, 6) is -0.0630. The van der Waals surface area contributed by atoms with Gasteiger partial charge in [0, 0.05) is 32.7 Å². The van der Waals surface area contributed by atoms with E-state index in [1.807, 2.05) is 6.92 Å². The summed E-state index contributed by atoms with van der Waals surface area (Å²) in [6, 6.07) is 0. The topological polar surface area (TPSA) is 58.6 Å². The molecule has 0 spiro atoms. The SMILES string of the molecule is CCN1C[C@H](C(=O)NCCCOC2CCCCC2)CC1=O. The number of nitrogens with zero attached hydrogens (tertiary/aromatic N) is 1. The first-order valence-electron chi connectivity index (χ1n) is 8.37. The maximum absolute atomic E-state index is 12.0. The van der Waals surface area contributed by atoms with Gasteiger partial charge in [-0.15, -0.1) is 0 Å². The molecule has 0 aromatic rings. The summed E-state index contributed by atoms with van der Waals surface area (Å²) < 4.78 is 5.83. The van der Waals surface area contributed by atoms with E-state index in [4.69, 9.17) is 4.74 Å². The fourth-order valence-corrected chi connectivity index (χ4v) is 3.16. The van der Waals surface area contributed by atoms with E-state index in [9.17, 15) is 9.59 Å². The largest absolute Gasteiger partial charge is 0.378 e. The molecule has 1 aliphatic heterocycles. The second-order valence-corrected chi connectivity index (χ2v) is 6.11. The molecule has 0 aromatic heterocycles. The Bertz CT molecular complexity index is 353. The average molecular weight is 296 g/mol. The van der Waals surface area contributed by atoms with Crippen molar-refractivity contribution >= 4 is 11.8 Å². The standard InChI is InChI=1S/C16H28N2O3/c1-2-18-12-13(11-15(18)19)16(20)17-9-6-10-21-14-7-4-3-5-8-14/h13-14H,2-12H2,1H3,(H,17,20)/t13-/m1/s1. The van der Waals surface area contributed by atoms with E-state index in [0.29, 0.717) is 32.2 Å². The van der Waals surface area contributed by atoms with Gasteiger partial charge in [-0.25, -0.2) is 0 Å². The van der Waals surface area contributed by atoms with Crippen LogP contribution in [0.2, 0.25) is 0 Å². The summed E-state index contributed by atoms with van der Waals surface area (Å²) in [5, 5.41) is 2.93. The fourth-order valence-electron chi connectivity index (χ4n) is 3.16. The van der Waals surface area contributed by atoms with E-state index < -0.39 is 0 Å². The van der Waals surface area contributed by atoms with Crippen LogP contribution < -0.4 is 5.32 Å². The number of rotatable bonds is 7. The van der Waals surface area contributed by atoms with Crippen LogP contribution in [0.4, 0.5) is 0 Å². The van der Waals surface area contributed by atoms with Gasteiger partial charge in [0.1, 0.15) is 0 Å². The second kappa shape index (κ2) is 8.37. The van der Waals surface area contributed by atoms with E-state index in [1.165, 1.54) is 32.1 Å². The van der Waals surface area contributed by atoms with E-state index in [0.717, 1.165) is 13.0 Å². The van der Waals surface area contributed by atoms with Gasteiger partial charge in [0.15, 0.2) is 0 Å². The Kier molecular flexibility index (Phi) is 6.49. The van der Waals surface area contributed by atoms with Gasteiger partial charge in [-0.1, -0.05) is 19.3 Å². The molecule has 0 bridgehead atoms. The smallest absolute Gasteiger partial charge is 0.225 e. The molecule has 5 nitrogen and oxygen atoms in total. The maximum atomic E-state index is 12.0. The molecule has 1 saturated carbocycles. The number of carbonyl (C=O) groups is 2. The van der Waals surface area contributed by atoms with Crippen molar-refractivity contribution in [1.82, 2.24) is 10.2 Å². The van der Waals surface area contributed by atoms with Crippen molar-refractivity contribution in [3.05, 3.63) is 0 Å². The summed E-state index contributed by atoms with van der Waals surface area (Å²) in [4.78, 5) is 25.3. The van der Waals surface area contributed by atoms with Gasteiger partial charge < -0.3 is 15.0 Å². The molecule has 1 aliphatic carbocycles. The van der Waals surface area contributed by atoms with Crippen LogP contribution in [0.15, 0.2) is 0 Å². The lowest BCUT2D eigenvalue weighted by Gasteiger charge is -2.22. The fraction of sp³-hybridized carbons (Fsp3) is 0.875. The number of ether oxygens (including phenoxy) is 1. The third kappa shape index (κ3) is 4.99. The molecule has 1 atom stereocenters. The first kappa shape index (κ1) is 16.3. The second-order valence-electron chi connectivity index (χ2n) is 6.11. The number of hydrogen-bond donors (Lipinski definition) is 1. The average Bonchev–Trinajstić information content (AvgIpc) is 2.89. The highest BCUT2D eigenvalue weighted by Gasteiger charge is 2.32. The van der Waals surface area contributed by atoms with Crippen molar-refractivity contribution in [2.24, 2.45) is 5.92 Å². The van der Waals surface area contributed by atoms with Crippen molar-refractivity contribution in [1.29, 1.82) is 0 Å². The Morgan fingerprint density at radius 3 is 2.76 bits per heavy atom. The lowest BCUT2D eigenvalue weighted by Crippen LogP contribution is -2.34. The minimum atomic E-state index is -0.170. The third-order valence-electron chi connectivity index (χ3n) is 4.49. The van der Waals surface area contributed by atoms with Crippen LogP contribution in [0.1, 0.15) is 51.9 Å². The first-order chi connectivity index (χ1) is 10.2. The molecule has 120 valence electrons. The predicted octanol–water partition coefficient (Wildman–Crippen LogP) is 1.71. The Morgan fingerprint density at radius 2 is 2.10 bits per heavy atom. The molecule has 2 aliphatic rings. The van der Waals surface area contributed by atoms with Crippen molar-refractivity contribution in [2.45, 2.75) is 58.0 Å². The molecule has 1 N–H and O–H groups in total. The van der Waals surface area contributed by atoms with E-state index in [2.05, 4.69) is 5.32 Å². The van der Waals surface area contributed by atoms with Gasteiger partial charge in [0.2, 0.25) is 11.8 Å². The lowest BCUT2D eigenvalue weighted by molar-refractivity contribution is -0.128. The minimum Gasteiger partial charge on any atom is -0.378 e. The van der Waals surface area contributed by atoms with E-state index in [-0.39, 0.29) is 17.7 Å². The minimum absolute atomic E-state index is 0.0111. The summed E-state index contributed by atoms with van der Waals surface area (Å²) in [5.41, 5.74) is 0. The lowest BCUT2D eigenvalue weighted by atomic mass is 9.98. The molecule has 0 aromatic carbocycles. The van der Waals surface area contributed by atoms with Crippen LogP contribution in [-0.2, 0) is 14.3 Å². The van der Waals surface area contributed by atoms with Gasteiger partial charge in [0.05, 0.1) is 12.0 Å². The zero-order valence-electron chi connectivity index (χ0n) is 13.1. The van der Waals surface area contributed by atoms with E-state index >= 15 is 0 Å². The molecule has 0 unspecified atom stereocenters. The van der Waals surface area contributed by atoms with Crippen molar-refractivity contribution in [2.75, 3.05) is 26.2 Å². The summed E-state index contributed by atoms with van der Waals surface area (Å²) in [6.07, 6.45) is 7.91. The highest BCUT2D eigenvalue weighted by Crippen LogP contribution is 2.20. The number of nitrogens with one attached hydrogen (secondary N) is 1. The predicted molar refractivity (Wildman–Crippen MR) is 80.8 cm³/mol. The van der Waals surface area contributed by atoms with Crippen molar-refractivity contribution < 1.29 is 14.3 Å². The van der Waals surface area contributed by atoms with Crippen LogP contribution in [-0.4, -0.2) is 49.1 Å². The molecule has 1 saturated heterocycles. The quantitative estimate of drug-likeness (QED) is 0.728. The Labute approximate surface area is 127 Å². The highest BCUT2D eigenvalue weighted by molar-refractivity contribution is 5.89. The van der Waals surface area contributed by atoms with Gasteiger partial charge in [-0.3, -0.25) is 9.59 Å². The third-order valence-corrected chi connectivity index (χ3v) is 4.49. The van der Waals surface area contributed by atoms with E-state index in [1.54, 1.807) is 4.90 Å². The van der Waals surface area contributed by atoms with Crippen LogP contribution in [0.3, 0.4) is 0 Å². The van der Waals surface area contributed by atoms with Crippen molar-refractivity contribution in [3.8, 4) is 0 Å². The first-order valence-corrected chi connectivity index (χ1v) is 8.37. The van der Waals surface area contributed by atoms with Crippen LogP contribution >= 0.6 is 0 Å². The van der Waals surface area contributed by atoms with Crippen molar-refractivity contribution in [3.63, 3.8) is 0 Å². The van der Waals surface area contributed by atoms with Gasteiger partial charge in [0.25, 0.3) is 0 Å². The molecule has 0 radical (unpaired) electrons. The number of carbonyl (C=O) groups excluding carboxylic acids is 2. The monoisotopic (exact) mass is 296 g/mol. The molecular weight excluding hydrogens is 268 g/mol. The number of hydrogen-bond acceptors (Lipinski definition) is 3. The number of likely N-dealkylation sites (tertiary alicyclic amines) is 1. The summed E-state index contributed by atoms with van der Waals surface area (Å²) in [6.45, 7) is 4.57. The molecule has 1 heterocycles. The molecule has 21 heavy (non-hydrogen) atoms. The molecule has 2 fully saturated rings. The number of amides is 2. The van der Waals surface area contributed by atoms with Gasteiger partial charge in [-0.2, -0.15) is 0 Å². The van der Waals surface area contributed by atoms with Crippen LogP contribution in [0.5, 0.6) is 0 Å². The van der Waals surface area contributed by atoms with Crippen LogP contribution in [0.25, 0.3) is 0 Å². The highest BCUT2D eigenvalue weighted by atomic mass is 16.5. The van der Waals surface area contributed by atoms with Gasteiger partial charge in [-0.05, 0) is 26.2 Å². The molecule has 2 amide bonds. The molecular formula is C16H28N2O3. The zero-order chi connectivity index (χ0) is 15.1. The maximum Gasteiger partial charge on any atom is 0.225 e. The Hall–Kier alpha value is -1.10. The summed E-state index contributed by atoms with van der Waals surface area (Å²) >= 11 is 0. The summed E-state index contributed by atoms with van der Waals surface area (Å²) in [7, 11) is 0. The Balaban J connectivity index is 1.54. The Morgan fingerprint density at radius 1 is 1.33 bits per heavy atom. The van der Waals surface area contributed by atoms with Crippen LogP contribution in [0, 0.1) is 5.92 Å². The normalized spacial score (nSPS) is 23.6. The molecule has 5 heteroatoms. The van der Waals surface area contributed by atoms with Gasteiger partial charge >= 0.3 is 0 Å².